The Balaban J connectivity index is 1.87. The van der Waals surface area contributed by atoms with E-state index in [4.69, 9.17) is 21.7 Å². The Kier molecular flexibility index (Phi) is 5.19. The first kappa shape index (κ1) is 18.7. The van der Waals surface area contributed by atoms with Gasteiger partial charge in [-0.15, -0.1) is 11.3 Å². The summed E-state index contributed by atoms with van der Waals surface area (Å²) in [5.74, 6) is 1.49. The van der Waals surface area contributed by atoms with Crippen LogP contribution in [0.1, 0.15) is 27.5 Å². The van der Waals surface area contributed by atoms with Crippen LogP contribution in [0, 0.1) is 6.92 Å². The van der Waals surface area contributed by atoms with E-state index in [1.165, 1.54) is 9.75 Å². The number of nitrogens with zero attached hydrogens (tertiary/aromatic N) is 2. The Morgan fingerprint density at radius 1 is 1.11 bits per heavy atom. The molecule has 0 radical (unpaired) electrons. The highest BCUT2D eigenvalue weighted by atomic mass is 32.1. The van der Waals surface area contributed by atoms with Gasteiger partial charge in [0.15, 0.2) is 5.11 Å². The fraction of sp³-hybridized carbons (Fsp3) is 0.238. The van der Waals surface area contributed by atoms with Crippen LogP contribution in [0.5, 0.6) is 11.5 Å². The smallest absolute Gasteiger partial charge is 0.174 e. The molecule has 1 aliphatic rings. The summed E-state index contributed by atoms with van der Waals surface area (Å²) in [4.78, 5) is 9.16. The monoisotopic (exact) mass is 411 g/mol. The molecule has 3 heterocycles. The van der Waals surface area contributed by atoms with Crippen molar-refractivity contribution in [1.82, 2.24) is 10.3 Å². The van der Waals surface area contributed by atoms with Gasteiger partial charge >= 0.3 is 0 Å². The van der Waals surface area contributed by atoms with Crippen molar-refractivity contribution in [3.8, 4) is 11.5 Å². The van der Waals surface area contributed by atoms with Gasteiger partial charge in [-0.1, -0.05) is 6.07 Å². The summed E-state index contributed by atoms with van der Waals surface area (Å²) in [5, 5.41) is 4.11. The molecule has 0 amide bonds. The predicted octanol–water partition coefficient (Wildman–Crippen LogP) is 4.65. The van der Waals surface area contributed by atoms with Crippen molar-refractivity contribution in [2.24, 2.45) is 0 Å². The van der Waals surface area contributed by atoms with E-state index in [1.807, 2.05) is 42.6 Å². The maximum atomic E-state index is 5.77. The minimum absolute atomic E-state index is 0.0397. The predicted molar refractivity (Wildman–Crippen MR) is 117 cm³/mol. The van der Waals surface area contributed by atoms with Crippen molar-refractivity contribution in [2.75, 3.05) is 19.1 Å². The standard InChI is InChI=1S/C21H21N3O2S2/c1-13-7-10-18(28-13)20-19(15-6-4-5-11-22-15)23-21(27)24(20)16-12-14(25-2)8-9-17(16)26-3/h4-12,19-20H,1-3H3,(H,23,27)/t19-,20+/m1/s1. The number of thiocarbonyl (C=S) groups is 1. The molecule has 5 nitrogen and oxygen atoms in total. The van der Waals surface area contributed by atoms with Gasteiger partial charge in [-0.2, -0.15) is 0 Å². The number of aromatic nitrogens is 1. The number of benzene rings is 1. The Bertz CT molecular complexity index is 990. The topological polar surface area (TPSA) is 46.6 Å². The van der Waals surface area contributed by atoms with E-state index in [2.05, 4.69) is 34.3 Å². The van der Waals surface area contributed by atoms with Crippen LogP contribution < -0.4 is 19.7 Å². The summed E-state index contributed by atoms with van der Waals surface area (Å²) in [7, 11) is 3.32. The van der Waals surface area contributed by atoms with E-state index in [-0.39, 0.29) is 12.1 Å². The van der Waals surface area contributed by atoms with Crippen molar-refractivity contribution in [2.45, 2.75) is 19.0 Å². The highest BCUT2D eigenvalue weighted by molar-refractivity contribution is 7.80. The molecule has 144 valence electrons. The van der Waals surface area contributed by atoms with Gasteiger partial charge in [-0.05, 0) is 55.5 Å². The number of methoxy groups -OCH3 is 2. The van der Waals surface area contributed by atoms with Crippen LogP contribution in [0.15, 0.2) is 54.7 Å². The van der Waals surface area contributed by atoms with Crippen LogP contribution in [0.4, 0.5) is 5.69 Å². The molecule has 4 rings (SSSR count). The number of nitrogens with one attached hydrogen (secondary N) is 1. The number of hydrogen-bond donors (Lipinski definition) is 1. The Labute approximate surface area is 173 Å². The molecule has 0 spiro atoms. The molecule has 28 heavy (non-hydrogen) atoms. The number of pyridine rings is 1. The van der Waals surface area contributed by atoms with Crippen molar-refractivity contribution < 1.29 is 9.47 Å². The van der Waals surface area contributed by atoms with E-state index >= 15 is 0 Å². The van der Waals surface area contributed by atoms with Crippen molar-refractivity contribution in [1.29, 1.82) is 0 Å². The summed E-state index contributed by atoms with van der Waals surface area (Å²) in [6, 6.07) is 15.9. The molecule has 0 unspecified atom stereocenters. The lowest BCUT2D eigenvalue weighted by Gasteiger charge is -2.28. The summed E-state index contributed by atoms with van der Waals surface area (Å²) >= 11 is 7.53. The van der Waals surface area contributed by atoms with Gasteiger partial charge in [-0.25, -0.2) is 0 Å². The lowest BCUT2D eigenvalue weighted by Crippen LogP contribution is -2.29. The van der Waals surface area contributed by atoms with Crippen LogP contribution >= 0.6 is 23.6 Å². The minimum Gasteiger partial charge on any atom is -0.497 e. The highest BCUT2D eigenvalue weighted by Gasteiger charge is 2.42. The summed E-state index contributed by atoms with van der Waals surface area (Å²) in [5.41, 5.74) is 1.82. The molecular formula is C21H21N3O2S2. The van der Waals surface area contributed by atoms with Crippen LogP contribution in [-0.2, 0) is 0 Å². The zero-order valence-electron chi connectivity index (χ0n) is 15.9. The molecular weight excluding hydrogens is 390 g/mol. The van der Waals surface area contributed by atoms with Crippen molar-refractivity contribution in [3.05, 3.63) is 70.2 Å². The number of thiophene rings is 1. The first-order chi connectivity index (χ1) is 13.6. The van der Waals surface area contributed by atoms with Gasteiger partial charge < -0.3 is 19.7 Å². The Morgan fingerprint density at radius 2 is 1.96 bits per heavy atom. The van der Waals surface area contributed by atoms with E-state index in [9.17, 15) is 0 Å². The molecule has 2 atom stereocenters. The van der Waals surface area contributed by atoms with E-state index in [0.29, 0.717) is 5.11 Å². The lowest BCUT2D eigenvalue weighted by atomic mass is 10.0. The molecule has 1 fully saturated rings. The number of ether oxygens (including phenoxy) is 2. The van der Waals surface area contributed by atoms with Gasteiger partial charge in [0.2, 0.25) is 0 Å². The zero-order chi connectivity index (χ0) is 19.7. The van der Waals surface area contributed by atoms with E-state index in [0.717, 1.165) is 22.9 Å². The fourth-order valence-electron chi connectivity index (χ4n) is 3.50. The molecule has 2 aromatic heterocycles. The Hall–Kier alpha value is -2.64. The normalized spacial score (nSPS) is 18.8. The van der Waals surface area contributed by atoms with Crippen LogP contribution in [0.3, 0.4) is 0 Å². The minimum atomic E-state index is -0.0670. The van der Waals surface area contributed by atoms with E-state index < -0.39 is 0 Å². The largest absolute Gasteiger partial charge is 0.497 e. The third kappa shape index (κ3) is 3.31. The average Bonchev–Trinajstić information content (AvgIpc) is 3.30. The maximum Gasteiger partial charge on any atom is 0.174 e. The van der Waals surface area contributed by atoms with E-state index in [1.54, 1.807) is 25.6 Å². The molecule has 3 aromatic rings. The van der Waals surface area contributed by atoms with Gasteiger partial charge in [0.05, 0.1) is 37.7 Å². The number of rotatable bonds is 5. The molecule has 0 saturated carbocycles. The summed E-state index contributed by atoms with van der Waals surface area (Å²) < 4.78 is 11.1. The zero-order valence-corrected chi connectivity index (χ0v) is 17.5. The number of aryl methyl sites for hydroxylation is 1. The van der Waals surface area contributed by atoms with Crippen LogP contribution in [0.25, 0.3) is 0 Å². The second-order valence-corrected chi connectivity index (χ2v) is 8.19. The Morgan fingerprint density at radius 3 is 2.61 bits per heavy atom. The fourth-order valence-corrected chi connectivity index (χ4v) is 4.85. The molecule has 0 aliphatic carbocycles. The molecule has 7 heteroatoms. The summed E-state index contributed by atoms with van der Waals surface area (Å²) in [6.07, 6.45) is 1.81. The van der Waals surface area contributed by atoms with Crippen LogP contribution in [-0.4, -0.2) is 24.3 Å². The average molecular weight is 412 g/mol. The van der Waals surface area contributed by atoms with Crippen molar-refractivity contribution >= 4 is 34.4 Å². The summed E-state index contributed by atoms with van der Waals surface area (Å²) in [6.45, 7) is 2.11. The van der Waals surface area contributed by atoms with Gasteiger partial charge in [0, 0.05) is 22.0 Å². The second kappa shape index (κ2) is 7.77. The SMILES string of the molecule is COc1ccc(OC)c(N2C(=S)N[C@H](c3ccccn3)[C@@H]2c2ccc(C)s2)c1. The van der Waals surface area contributed by atoms with Gasteiger partial charge in [-0.3, -0.25) is 4.98 Å². The van der Waals surface area contributed by atoms with Crippen LogP contribution in [0.2, 0.25) is 0 Å². The number of anilines is 1. The first-order valence-electron chi connectivity index (χ1n) is 8.91. The van der Waals surface area contributed by atoms with Gasteiger partial charge in [0.1, 0.15) is 11.5 Å². The number of hydrogen-bond acceptors (Lipinski definition) is 5. The second-order valence-electron chi connectivity index (χ2n) is 6.48. The lowest BCUT2D eigenvalue weighted by molar-refractivity contribution is 0.403. The molecule has 0 bridgehead atoms. The molecule has 1 saturated heterocycles. The van der Waals surface area contributed by atoms with Crippen molar-refractivity contribution in [3.63, 3.8) is 0 Å². The third-order valence-corrected chi connectivity index (χ3v) is 6.18. The molecule has 1 aliphatic heterocycles. The molecule has 1 N–H and O–H groups in total. The maximum absolute atomic E-state index is 5.77. The first-order valence-corrected chi connectivity index (χ1v) is 10.1. The third-order valence-electron chi connectivity index (χ3n) is 4.80. The quantitative estimate of drug-likeness (QED) is 0.617. The highest BCUT2D eigenvalue weighted by Crippen LogP contribution is 2.46. The van der Waals surface area contributed by atoms with Gasteiger partial charge in [0.25, 0.3) is 0 Å². The molecule has 1 aromatic carbocycles.